The molecule has 1 aromatic carbocycles. The summed E-state index contributed by atoms with van der Waals surface area (Å²) in [7, 11) is 0. The van der Waals surface area contributed by atoms with Gasteiger partial charge in [-0.05, 0) is 17.7 Å². The number of anilines is 1. The van der Waals surface area contributed by atoms with E-state index in [1.807, 2.05) is 12.1 Å². The standard InChI is InChI=1S/C10H9N3O2/c14-10(15)13-9-3-1-7(2-4-9)8-5-11-12-6-8/h1-6,13H,(H,11,12)(H,14,15). The number of amides is 1. The topological polar surface area (TPSA) is 78.0 Å². The van der Waals surface area contributed by atoms with Gasteiger partial charge in [-0.25, -0.2) is 4.79 Å². The summed E-state index contributed by atoms with van der Waals surface area (Å²) >= 11 is 0. The van der Waals surface area contributed by atoms with Crippen molar-refractivity contribution in [3.63, 3.8) is 0 Å². The number of nitrogens with one attached hydrogen (secondary N) is 2. The Morgan fingerprint density at radius 2 is 2.00 bits per heavy atom. The Balaban J connectivity index is 2.21. The van der Waals surface area contributed by atoms with E-state index >= 15 is 0 Å². The van der Waals surface area contributed by atoms with Gasteiger partial charge in [0.1, 0.15) is 0 Å². The van der Waals surface area contributed by atoms with Crippen molar-refractivity contribution >= 4 is 11.8 Å². The van der Waals surface area contributed by atoms with Crippen LogP contribution in [0.3, 0.4) is 0 Å². The first-order valence-corrected chi connectivity index (χ1v) is 4.35. The van der Waals surface area contributed by atoms with Gasteiger partial charge in [-0.15, -0.1) is 0 Å². The molecule has 5 heteroatoms. The molecule has 0 spiro atoms. The Morgan fingerprint density at radius 3 is 2.53 bits per heavy atom. The molecule has 0 saturated carbocycles. The second-order valence-corrected chi connectivity index (χ2v) is 2.99. The Bertz CT molecular complexity index is 448. The molecule has 0 aliphatic carbocycles. The van der Waals surface area contributed by atoms with Crippen molar-refractivity contribution in [3.8, 4) is 11.1 Å². The number of aromatic nitrogens is 2. The summed E-state index contributed by atoms with van der Waals surface area (Å²) in [4.78, 5) is 10.4. The molecule has 0 fully saturated rings. The first-order valence-electron chi connectivity index (χ1n) is 4.35. The van der Waals surface area contributed by atoms with Gasteiger partial charge in [0.05, 0.1) is 6.20 Å². The lowest BCUT2D eigenvalue weighted by Gasteiger charge is -2.01. The number of hydrogen-bond acceptors (Lipinski definition) is 2. The summed E-state index contributed by atoms with van der Waals surface area (Å²) in [6.07, 6.45) is 2.42. The molecular weight excluding hydrogens is 194 g/mol. The zero-order valence-corrected chi connectivity index (χ0v) is 7.77. The predicted molar refractivity (Wildman–Crippen MR) is 55.7 cm³/mol. The van der Waals surface area contributed by atoms with Crippen LogP contribution in [0, 0.1) is 0 Å². The summed E-state index contributed by atoms with van der Waals surface area (Å²) in [5.74, 6) is 0. The number of H-pyrrole nitrogens is 1. The minimum atomic E-state index is -1.06. The Hall–Kier alpha value is -2.30. The third-order valence-electron chi connectivity index (χ3n) is 1.97. The summed E-state index contributed by atoms with van der Waals surface area (Å²) in [6.45, 7) is 0. The lowest BCUT2D eigenvalue weighted by Crippen LogP contribution is -2.06. The van der Waals surface area contributed by atoms with E-state index in [2.05, 4.69) is 15.5 Å². The van der Waals surface area contributed by atoms with E-state index in [0.717, 1.165) is 11.1 Å². The van der Waals surface area contributed by atoms with Crippen LogP contribution in [0.15, 0.2) is 36.7 Å². The molecule has 0 bridgehead atoms. The smallest absolute Gasteiger partial charge is 0.409 e. The quantitative estimate of drug-likeness (QED) is 0.699. The number of rotatable bonds is 2. The van der Waals surface area contributed by atoms with Crippen molar-refractivity contribution in [2.45, 2.75) is 0 Å². The summed E-state index contributed by atoms with van der Waals surface area (Å²) in [6, 6.07) is 7.07. The fourth-order valence-electron chi connectivity index (χ4n) is 1.28. The van der Waals surface area contributed by atoms with Gasteiger partial charge in [0, 0.05) is 17.4 Å². The number of hydrogen-bond donors (Lipinski definition) is 3. The van der Waals surface area contributed by atoms with Gasteiger partial charge in [0.15, 0.2) is 0 Å². The van der Waals surface area contributed by atoms with Crippen LogP contribution >= 0.6 is 0 Å². The van der Waals surface area contributed by atoms with E-state index in [0.29, 0.717) is 5.69 Å². The van der Waals surface area contributed by atoms with Crippen LogP contribution in [0.5, 0.6) is 0 Å². The fourth-order valence-corrected chi connectivity index (χ4v) is 1.28. The van der Waals surface area contributed by atoms with Crippen LogP contribution in [0.2, 0.25) is 0 Å². The van der Waals surface area contributed by atoms with Crippen LogP contribution in [-0.4, -0.2) is 21.4 Å². The van der Waals surface area contributed by atoms with E-state index in [1.54, 1.807) is 24.5 Å². The third kappa shape index (κ3) is 2.14. The maximum absolute atomic E-state index is 10.4. The summed E-state index contributed by atoms with van der Waals surface area (Å²) in [5, 5.41) is 17.3. The maximum atomic E-state index is 10.4. The van der Waals surface area contributed by atoms with E-state index in [1.165, 1.54) is 0 Å². The molecule has 0 aliphatic rings. The number of benzene rings is 1. The Morgan fingerprint density at radius 1 is 1.27 bits per heavy atom. The average molecular weight is 203 g/mol. The summed E-state index contributed by atoms with van der Waals surface area (Å²) in [5.41, 5.74) is 2.51. The first-order chi connectivity index (χ1) is 7.25. The number of carbonyl (C=O) groups is 1. The Kier molecular flexibility index (Phi) is 2.37. The fraction of sp³-hybridized carbons (Fsp3) is 0. The maximum Gasteiger partial charge on any atom is 0.409 e. The molecule has 2 rings (SSSR count). The molecule has 15 heavy (non-hydrogen) atoms. The van der Waals surface area contributed by atoms with Crippen LogP contribution in [-0.2, 0) is 0 Å². The minimum absolute atomic E-state index is 0.551. The second kappa shape index (κ2) is 3.83. The molecule has 0 saturated heterocycles. The highest BCUT2D eigenvalue weighted by Gasteiger charge is 2.00. The molecule has 1 aromatic heterocycles. The molecule has 0 unspecified atom stereocenters. The molecule has 1 heterocycles. The van der Waals surface area contributed by atoms with Crippen molar-refractivity contribution in [1.29, 1.82) is 0 Å². The minimum Gasteiger partial charge on any atom is -0.465 e. The monoisotopic (exact) mass is 203 g/mol. The molecule has 5 nitrogen and oxygen atoms in total. The van der Waals surface area contributed by atoms with E-state index in [4.69, 9.17) is 5.11 Å². The molecule has 0 atom stereocenters. The van der Waals surface area contributed by atoms with Crippen molar-refractivity contribution < 1.29 is 9.90 Å². The van der Waals surface area contributed by atoms with Gasteiger partial charge in [-0.3, -0.25) is 10.4 Å². The van der Waals surface area contributed by atoms with Crippen molar-refractivity contribution in [2.24, 2.45) is 0 Å². The molecule has 76 valence electrons. The number of carboxylic acid groups (broad SMARTS) is 1. The van der Waals surface area contributed by atoms with Gasteiger partial charge in [0.2, 0.25) is 0 Å². The zero-order chi connectivity index (χ0) is 10.7. The van der Waals surface area contributed by atoms with Crippen LogP contribution < -0.4 is 5.32 Å². The SMILES string of the molecule is O=C(O)Nc1ccc(-c2cn[nH]c2)cc1. The predicted octanol–water partition coefficient (Wildman–Crippen LogP) is 2.17. The molecule has 3 N–H and O–H groups in total. The first kappa shape index (κ1) is 9.26. The second-order valence-electron chi connectivity index (χ2n) is 2.99. The van der Waals surface area contributed by atoms with Crippen molar-refractivity contribution in [3.05, 3.63) is 36.7 Å². The Labute approximate surface area is 85.8 Å². The molecule has 0 aliphatic heterocycles. The van der Waals surface area contributed by atoms with E-state index < -0.39 is 6.09 Å². The van der Waals surface area contributed by atoms with Gasteiger partial charge in [0.25, 0.3) is 0 Å². The molecule has 0 radical (unpaired) electrons. The lowest BCUT2D eigenvalue weighted by atomic mass is 10.1. The normalized spacial score (nSPS) is 9.87. The van der Waals surface area contributed by atoms with Crippen LogP contribution in [0.25, 0.3) is 11.1 Å². The molecule has 1 amide bonds. The summed E-state index contributed by atoms with van der Waals surface area (Å²) < 4.78 is 0. The van der Waals surface area contributed by atoms with Crippen LogP contribution in [0.1, 0.15) is 0 Å². The molecular formula is C10H9N3O2. The van der Waals surface area contributed by atoms with E-state index in [-0.39, 0.29) is 0 Å². The van der Waals surface area contributed by atoms with Gasteiger partial charge >= 0.3 is 6.09 Å². The largest absolute Gasteiger partial charge is 0.465 e. The third-order valence-corrected chi connectivity index (χ3v) is 1.97. The highest BCUT2D eigenvalue weighted by molar-refractivity contribution is 5.83. The van der Waals surface area contributed by atoms with Crippen molar-refractivity contribution in [1.82, 2.24) is 10.2 Å². The average Bonchev–Trinajstić information content (AvgIpc) is 2.71. The highest BCUT2D eigenvalue weighted by Crippen LogP contribution is 2.19. The van der Waals surface area contributed by atoms with Gasteiger partial charge in [-0.2, -0.15) is 5.10 Å². The van der Waals surface area contributed by atoms with Crippen molar-refractivity contribution in [2.75, 3.05) is 5.32 Å². The van der Waals surface area contributed by atoms with Gasteiger partial charge in [-0.1, -0.05) is 12.1 Å². The van der Waals surface area contributed by atoms with E-state index in [9.17, 15) is 4.79 Å². The zero-order valence-electron chi connectivity index (χ0n) is 7.77. The number of aromatic amines is 1. The lowest BCUT2D eigenvalue weighted by molar-refractivity contribution is 0.210. The van der Waals surface area contributed by atoms with Crippen LogP contribution in [0.4, 0.5) is 10.5 Å². The number of nitrogens with zero attached hydrogens (tertiary/aromatic N) is 1. The molecule has 2 aromatic rings. The highest BCUT2D eigenvalue weighted by atomic mass is 16.4. The van der Waals surface area contributed by atoms with Gasteiger partial charge < -0.3 is 5.11 Å².